The number of anilines is 1. The number of hydrogen-bond donors (Lipinski definition) is 2. The topological polar surface area (TPSA) is 66.4 Å². The number of benzene rings is 1. The van der Waals surface area contributed by atoms with E-state index in [1.807, 2.05) is 6.08 Å². The monoisotopic (exact) mass is 327 g/mol. The maximum atomic E-state index is 12.4. The van der Waals surface area contributed by atoms with Gasteiger partial charge in [-0.2, -0.15) is 0 Å². The second-order valence-electron chi connectivity index (χ2n) is 5.04. The molecule has 0 radical (unpaired) electrons. The summed E-state index contributed by atoms with van der Waals surface area (Å²) in [5.41, 5.74) is 1.12. The lowest BCUT2D eigenvalue weighted by Gasteiger charge is -2.24. The predicted octanol–water partition coefficient (Wildman–Crippen LogP) is 3.91. The van der Waals surface area contributed by atoms with E-state index in [1.54, 1.807) is 25.1 Å². The number of carbonyl (C=O) groups is 2. The molecule has 0 unspecified atom stereocenters. The van der Waals surface area contributed by atoms with Gasteiger partial charge in [-0.15, -0.1) is 0 Å². The van der Waals surface area contributed by atoms with E-state index in [9.17, 15) is 14.7 Å². The molecule has 0 saturated heterocycles. The predicted molar refractivity (Wildman–Crippen MR) is 82.8 cm³/mol. The van der Waals surface area contributed by atoms with Crippen LogP contribution in [0.4, 0.5) is 5.69 Å². The molecule has 1 aromatic rings. The first-order valence-corrected chi connectivity index (χ1v) is 7.30. The first-order valence-electron chi connectivity index (χ1n) is 6.55. The highest BCUT2D eigenvalue weighted by molar-refractivity contribution is 6.40. The van der Waals surface area contributed by atoms with Gasteiger partial charge in [0.1, 0.15) is 0 Å². The second-order valence-corrected chi connectivity index (χ2v) is 5.82. The highest BCUT2D eigenvalue weighted by Crippen LogP contribution is 2.34. The van der Waals surface area contributed by atoms with E-state index in [0.717, 1.165) is 5.56 Å². The molecule has 0 aliphatic heterocycles. The van der Waals surface area contributed by atoms with Gasteiger partial charge < -0.3 is 10.4 Å². The quantitative estimate of drug-likeness (QED) is 0.827. The molecule has 1 aromatic carbocycles. The molecular weight excluding hydrogens is 313 g/mol. The Morgan fingerprint density at radius 2 is 1.81 bits per heavy atom. The number of nitrogens with one attached hydrogen (secondary N) is 1. The molecule has 0 saturated carbocycles. The van der Waals surface area contributed by atoms with Crippen LogP contribution in [0.3, 0.4) is 0 Å². The van der Waals surface area contributed by atoms with Crippen LogP contribution in [0.1, 0.15) is 18.4 Å². The van der Waals surface area contributed by atoms with Crippen molar-refractivity contribution in [1.29, 1.82) is 0 Å². The standard InChI is InChI=1S/C15H15Cl2NO3/c1-8-6-7-11(16)13(12(8)17)18-14(19)9-4-2-3-5-10(9)15(20)21/h2-3,6-7,9-10H,4-5H2,1H3,(H,18,19)(H,20,21)/t9-,10+/m1/s1. The summed E-state index contributed by atoms with van der Waals surface area (Å²) in [5, 5.41) is 12.6. The lowest BCUT2D eigenvalue weighted by Crippen LogP contribution is -2.34. The fourth-order valence-electron chi connectivity index (χ4n) is 2.36. The van der Waals surface area contributed by atoms with Gasteiger partial charge >= 0.3 is 5.97 Å². The van der Waals surface area contributed by atoms with Crippen molar-refractivity contribution in [1.82, 2.24) is 0 Å². The molecule has 1 aliphatic rings. The van der Waals surface area contributed by atoms with Crippen LogP contribution in [-0.4, -0.2) is 17.0 Å². The normalized spacial score (nSPS) is 21.1. The molecule has 21 heavy (non-hydrogen) atoms. The first kappa shape index (κ1) is 15.9. The van der Waals surface area contributed by atoms with Crippen LogP contribution in [0.15, 0.2) is 24.3 Å². The molecule has 0 bridgehead atoms. The number of aliphatic carboxylic acids is 1. The van der Waals surface area contributed by atoms with Crippen LogP contribution >= 0.6 is 23.2 Å². The summed E-state index contributed by atoms with van der Waals surface area (Å²) in [4.78, 5) is 23.6. The molecule has 0 fully saturated rings. The number of amides is 1. The molecule has 112 valence electrons. The van der Waals surface area contributed by atoms with Crippen molar-refractivity contribution >= 4 is 40.8 Å². The average molecular weight is 328 g/mol. The van der Waals surface area contributed by atoms with Gasteiger partial charge in [0.25, 0.3) is 0 Å². The van der Waals surface area contributed by atoms with Gasteiger partial charge in [-0.25, -0.2) is 0 Å². The van der Waals surface area contributed by atoms with E-state index in [0.29, 0.717) is 28.6 Å². The van der Waals surface area contributed by atoms with Crippen LogP contribution in [0.5, 0.6) is 0 Å². The summed E-state index contributed by atoms with van der Waals surface area (Å²) in [6.45, 7) is 1.80. The number of carboxylic acid groups (broad SMARTS) is 1. The van der Waals surface area contributed by atoms with E-state index in [2.05, 4.69) is 5.32 Å². The van der Waals surface area contributed by atoms with E-state index in [4.69, 9.17) is 23.2 Å². The van der Waals surface area contributed by atoms with Gasteiger partial charge in [0.05, 0.1) is 27.6 Å². The van der Waals surface area contributed by atoms with Gasteiger partial charge in [-0.3, -0.25) is 9.59 Å². The summed E-state index contributed by atoms with van der Waals surface area (Å²) in [5.74, 6) is -2.69. The third-order valence-electron chi connectivity index (χ3n) is 3.62. The van der Waals surface area contributed by atoms with E-state index in [-0.39, 0.29) is 5.91 Å². The first-order chi connectivity index (χ1) is 9.91. The lowest BCUT2D eigenvalue weighted by molar-refractivity contribution is -0.146. The Kier molecular flexibility index (Phi) is 4.91. The zero-order chi connectivity index (χ0) is 15.6. The summed E-state index contributed by atoms with van der Waals surface area (Å²) < 4.78 is 0. The molecule has 1 amide bonds. The van der Waals surface area contributed by atoms with Crippen LogP contribution < -0.4 is 5.32 Å². The molecule has 2 N–H and O–H groups in total. The highest BCUT2D eigenvalue weighted by atomic mass is 35.5. The number of carbonyl (C=O) groups excluding carboxylic acids is 1. The fraction of sp³-hybridized carbons (Fsp3) is 0.333. The molecule has 6 heteroatoms. The largest absolute Gasteiger partial charge is 0.481 e. The zero-order valence-corrected chi connectivity index (χ0v) is 12.9. The Balaban J connectivity index is 2.24. The van der Waals surface area contributed by atoms with Gasteiger partial charge in [-0.1, -0.05) is 41.4 Å². The van der Waals surface area contributed by atoms with Crippen molar-refractivity contribution in [2.24, 2.45) is 11.8 Å². The van der Waals surface area contributed by atoms with Crippen LogP contribution in [0.2, 0.25) is 10.0 Å². The minimum Gasteiger partial charge on any atom is -0.481 e. The van der Waals surface area contributed by atoms with Crippen molar-refractivity contribution < 1.29 is 14.7 Å². The third kappa shape index (κ3) is 3.39. The molecule has 0 spiro atoms. The molecule has 4 nitrogen and oxygen atoms in total. The summed E-state index contributed by atoms with van der Waals surface area (Å²) in [6.07, 6.45) is 4.35. The minimum absolute atomic E-state index is 0.331. The third-order valence-corrected chi connectivity index (χ3v) is 4.42. The number of rotatable bonds is 3. The van der Waals surface area contributed by atoms with E-state index < -0.39 is 17.8 Å². The maximum absolute atomic E-state index is 12.4. The Morgan fingerprint density at radius 3 is 2.43 bits per heavy atom. The van der Waals surface area contributed by atoms with Crippen LogP contribution in [-0.2, 0) is 9.59 Å². The summed E-state index contributed by atoms with van der Waals surface area (Å²) in [7, 11) is 0. The Labute approximate surface area is 132 Å². The molecular formula is C15H15Cl2NO3. The van der Waals surface area contributed by atoms with E-state index in [1.165, 1.54) is 0 Å². The minimum atomic E-state index is -0.971. The Morgan fingerprint density at radius 1 is 1.19 bits per heavy atom. The van der Waals surface area contributed by atoms with Gasteiger partial charge in [0, 0.05) is 0 Å². The van der Waals surface area contributed by atoms with Gasteiger partial charge in [0.15, 0.2) is 0 Å². The van der Waals surface area contributed by atoms with Crippen molar-refractivity contribution in [2.45, 2.75) is 19.8 Å². The number of hydrogen-bond acceptors (Lipinski definition) is 2. The number of allylic oxidation sites excluding steroid dienone is 2. The SMILES string of the molecule is Cc1ccc(Cl)c(NC(=O)[C@@H]2CC=CC[C@@H]2C(=O)O)c1Cl. The molecule has 2 atom stereocenters. The van der Waals surface area contributed by atoms with E-state index >= 15 is 0 Å². The van der Waals surface area contributed by atoms with Crippen molar-refractivity contribution in [2.75, 3.05) is 5.32 Å². The molecule has 2 rings (SSSR count). The second kappa shape index (κ2) is 6.50. The zero-order valence-electron chi connectivity index (χ0n) is 11.4. The van der Waals surface area contributed by atoms with Crippen LogP contribution in [0, 0.1) is 18.8 Å². The van der Waals surface area contributed by atoms with Gasteiger partial charge in [-0.05, 0) is 31.4 Å². The fourth-order valence-corrected chi connectivity index (χ4v) is 2.83. The van der Waals surface area contributed by atoms with Crippen molar-refractivity contribution in [3.63, 3.8) is 0 Å². The molecule has 0 heterocycles. The van der Waals surface area contributed by atoms with Gasteiger partial charge in [0.2, 0.25) is 5.91 Å². The number of carboxylic acids is 1. The molecule has 1 aliphatic carbocycles. The summed E-state index contributed by atoms with van der Waals surface area (Å²) in [6, 6.07) is 3.40. The van der Waals surface area contributed by atoms with Crippen LogP contribution in [0.25, 0.3) is 0 Å². The Bertz CT molecular complexity index is 613. The number of aryl methyl sites for hydroxylation is 1. The Hall–Kier alpha value is -1.52. The van der Waals surface area contributed by atoms with Crippen molar-refractivity contribution in [3.05, 3.63) is 39.9 Å². The smallest absolute Gasteiger partial charge is 0.307 e. The molecule has 0 aromatic heterocycles. The van der Waals surface area contributed by atoms with Crippen molar-refractivity contribution in [3.8, 4) is 0 Å². The highest BCUT2D eigenvalue weighted by Gasteiger charge is 2.34. The summed E-state index contributed by atoms with van der Waals surface area (Å²) >= 11 is 12.2. The average Bonchev–Trinajstić information content (AvgIpc) is 2.47. The lowest BCUT2D eigenvalue weighted by atomic mass is 9.82. The maximum Gasteiger partial charge on any atom is 0.307 e. The number of halogens is 2.